The number of hydrogen-bond acceptors (Lipinski definition) is 2. The molecule has 1 saturated carbocycles. The van der Waals surface area contributed by atoms with Crippen molar-refractivity contribution in [3.8, 4) is 0 Å². The van der Waals surface area contributed by atoms with Crippen LogP contribution in [0, 0.1) is 0 Å². The molecule has 0 aromatic carbocycles. The highest BCUT2D eigenvalue weighted by atomic mass is 79.9. The average Bonchev–Trinajstić information content (AvgIpc) is 3.27. The number of halogens is 1. The number of hydrogen-bond donors (Lipinski definition) is 0. The molecule has 0 spiro atoms. The highest BCUT2D eigenvalue weighted by molar-refractivity contribution is 9.09. The summed E-state index contributed by atoms with van der Waals surface area (Å²) < 4.78 is 0. The molecule has 0 aromatic rings. The molecule has 2 nitrogen and oxygen atoms in total. The summed E-state index contributed by atoms with van der Waals surface area (Å²) in [6.45, 7) is 6.65. The topological polar surface area (TPSA) is 6.48 Å². The molecule has 0 N–H and O–H groups in total. The van der Waals surface area contributed by atoms with Gasteiger partial charge in [0.15, 0.2) is 0 Å². The predicted octanol–water partition coefficient (Wildman–Crippen LogP) is 3.89. The Hall–Kier alpha value is 0.400. The van der Waals surface area contributed by atoms with Crippen LogP contribution in [0.4, 0.5) is 0 Å². The number of rotatable bonds is 10. The van der Waals surface area contributed by atoms with Crippen LogP contribution >= 0.6 is 15.9 Å². The largest absolute Gasteiger partial charge is 0.301 e. The summed E-state index contributed by atoms with van der Waals surface area (Å²) in [5.41, 5.74) is 0. The van der Waals surface area contributed by atoms with E-state index in [1.54, 1.807) is 0 Å². The van der Waals surface area contributed by atoms with Crippen LogP contribution in [0.3, 0.4) is 0 Å². The first-order valence-electron chi connectivity index (χ1n) is 8.42. The third-order valence-corrected chi connectivity index (χ3v) is 5.14. The Morgan fingerprint density at radius 2 is 1.32 bits per heavy atom. The molecule has 19 heavy (non-hydrogen) atoms. The Labute approximate surface area is 128 Å². The van der Waals surface area contributed by atoms with Crippen molar-refractivity contribution in [1.29, 1.82) is 0 Å². The van der Waals surface area contributed by atoms with E-state index in [0.29, 0.717) is 0 Å². The van der Waals surface area contributed by atoms with Crippen LogP contribution < -0.4 is 0 Å². The van der Waals surface area contributed by atoms with Gasteiger partial charge in [-0.2, -0.15) is 0 Å². The fourth-order valence-corrected chi connectivity index (χ4v) is 3.50. The monoisotopic (exact) mass is 330 g/mol. The molecule has 2 aliphatic rings. The maximum absolute atomic E-state index is 3.50. The van der Waals surface area contributed by atoms with Crippen molar-refractivity contribution in [2.75, 3.05) is 38.1 Å². The Morgan fingerprint density at radius 1 is 0.737 bits per heavy atom. The molecule has 1 aliphatic heterocycles. The fraction of sp³-hybridized carbons (Fsp3) is 1.00. The summed E-state index contributed by atoms with van der Waals surface area (Å²) in [4.78, 5) is 5.39. The Kier molecular flexibility index (Phi) is 7.77. The number of nitrogens with zero attached hydrogens (tertiary/aromatic N) is 2. The third-order valence-electron chi connectivity index (χ3n) is 4.58. The molecule has 2 rings (SSSR count). The van der Waals surface area contributed by atoms with Crippen molar-refractivity contribution in [1.82, 2.24) is 9.80 Å². The van der Waals surface area contributed by atoms with Crippen LogP contribution in [0.15, 0.2) is 0 Å². The lowest BCUT2D eigenvalue weighted by atomic mass is 10.1. The molecule has 1 saturated heterocycles. The molecular weight excluding hydrogens is 300 g/mol. The minimum absolute atomic E-state index is 0.974. The van der Waals surface area contributed by atoms with E-state index in [1.807, 2.05) is 0 Å². The second-order valence-corrected chi connectivity index (χ2v) is 7.07. The van der Waals surface area contributed by atoms with Gasteiger partial charge in [-0.15, -0.1) is 0 Å². The van der Waals surface area contributed by atoms with Crippen molar-refractivity contribution in [3.63, 3.8) is 0 Å². The molecule has 1 heterocycles. The minimum Gasteiger partial charge on any atom is -0.301 e. The number of unbranched alkanes of at least 4 members (excludes halogenated alkanes) is 6. The first-order chi connectivity index (χ1) is 9.40. The summed E-state index contributed by atoms with van der Waals surface area (Å²) in [6, 6.07) is 0.974. The van der Waals surface area contributed by atoms with Gasteiger partial charge >= 0.3 is 0 Å². The van der Waals surface area contributed by atoms with E-state index >= 15 is 0 Å². The van der Waals surface area contributed by atoms with Crippen molar-refractivity contribution < 1.29 is 0 Å². The van der Waals surface area contributed by atoms with E-state index < -0.39 is 0 Å². The van der Waals surface area contributed by atoms with Crippen LogP contribution in [-0.4, -0.2) is 53.9 Å². The highest BCUT2D eigenvalue weighted by Gasteiger charge is 2.30. The standard InChI is InChI=1S/C16H31BrN2/c17-10-6-4-2-1-3-5-7-11-18-12-14-19(15-13-18)16-8-9-16/h16H,1-15H2. The molecule has 0 amide bonds. The van der Waals surface area contributed by atoms with Crippen LogP contribution in [0.25, 0.3) is 0 Å². The van der Waals surface area contributed by atoms with Crippen molar-refractivity contribution in [2.24, 2.45) is 0 Å². The van der Waals surface area contributed by atoms with E-state index in [0.717, 1.165) is 6.04 Å². The molecule has 0 bridgehead atoms. The molecule has 3 heteroatoms. The smallest absolute Gasteiger partial charge is 0.0113 e. The van der Waals surface area contributed by atoms with Gasteiger partial charge in [0.05, 0.1) is 0 Å². The maximum Gasteiger partial charge on any atom is 0.0113 e. The Bertz CT molecular complexity index is 223. The molecule has 112 valence electrons. The lowest BCUT2D eigenvalue weighted by molar-refractivity contribution is 0.125. The lowest BCUT2D eigenvalue weighted by Gasteiger charge is -2.34. The predicted molar refractivity (Wildman–Crippen MR) is 87.1 cm³/mol. The van der Waals surface area contributed by atoms with Crippen molar-refractivity contribution in [3.05, 3.63) is 0 Å². The minimum atomic E-state index is 0.974. The summed E-state index contributed by atoms with van der Waals surface area (Å²) >= 11 is 3.50. The highest BCUT2D eigenvalue weighted by Crippen LogP contribution is 2.27. The van der Waals surface area contributed by atoms with Gasteiger partial charge in [-0.25, -0.2) is 0 Å². The number of piperazine rings is 1. The Morgan fingerprint density at radius 3 is 1.89 bits per heavy atom. The van der Waals surface area contributed by atoms with Gasteiger partial charge in [0, 0.05) is 37.6 Å². The van der Waals surface area contributed by atoms with Gasteiger partial charge in [0.2, 0.25) is 0 Å². The molecular formula is C16H31BrN2. The van der Waals surface area contributed by atoms with Crippen LogP contribution in [0.2, 0.25) is 0 Å². The SMILES string of the molecule is BrCCCCCCCCCN1CCN(C2CC2)CC1. The average molecular weight is 331 g/mol. The zero-order valence-corrected chi connectivity index (χ0v) is 14.0. The van der Waals surface area contributed by atoms with Gasteiger partial charge in [-0.05, 0) is 32.2 Å². The van der Waals surface area contributed by atoms with E-state index in [1.165, 1.54) is 95.8 Å². The summed E-state index contributed by atoms with van der Waals surface area (Å²) in [6.07, 6.45) is 12.9. The lowest BCUT2D eigenvalue weighted by Crippen LogP contribution is -2.47. The van der Waals surface area contributed by atoms with E-state index in [-0.39, 0.29) is 0 Å². The molecule has 0 aromatic heterocycles. The van der Waals surface area contributed by atoms with Gasteiger partial charge in [0.25, 0.3) is 0 Å². The second-order valence-electron chi connectivity index (χ2n) is 6.27. The normalized spacial score (nSPS) is 21.9. The fourth-order valence-electron chi connectivity index (χ4n) is 3.11. The summed E-state index contributed by atoms with van der Waals surface area (Å²) in [5.74, 6) is 0. The maximum atomic E-state index is 3.50. The van der Waals surface area contributed by atoms with Crippen molar-refractivity contribution in [2.45, 2.75) is 63.8 Å². The van der Waals surface area contributed by atoms with Crippen molar-refractivity contribution >= 4 is 15.9 Å². The molecule has 0 radical (unpaired) electrons. The zero-order chi connectivity index (χ0) is 13.3. The van der Waals surface area contributed by atoms with Gasteiger partial charge in [-0.1, -0.05) is 48.0 Å². The van der Waals surface area contributed by atoms with Crippen LogP contribution in [-0.2, 0) is 0 Å². The summed E-state index contributed by atoms with van der Waals surface area (Å²) in [7, 11) is 0. The Balaban J connectivity index is 1.37. The first kappa shape index (κ1) is 15.8. The zero-order valence-electron chi connectivity index (χ0n) is 12.5. The van der Waals surface area contributed by atoms with Gasteiger partial charge < -0.3 is 4.90 Å². The van der Waals surface area contributed by atoms with E-state index in [9.17, 15) is 0 Å². The quantitative estimate of drug-likeness (QED) is 0.443. The molecule has 0 atom stereocenters. The van der Waals surface area contributed by atoms with E-state index in [2.05, 4.69) is 25.7 Å². The van der Waals surface area contributed by atoms with Gasteiger partial charge in [-0.3, -0.25) is 4.90 Å². The second kappa shape index (κ2) is 9.36. The first-order valence-corrected chi connectivity index (χ1v) is 9.54. The molecule has 0 unspecified atom stereocenters. The van der Waals surface area contributed by atoms with Gasteiger partial charge in [0.1, 0.15) is 0 Å². The van der Waals surface area contributed by atoms with Crippen LogP contribution in [0.5, 0.6) is 0 Å². The molecule has 2 fully saturated rings. The van der Waals surface area contributed by atoms with E-state index in [4.69, 9.17) is 0 Å². The number of alkyl halides is 1. The third kappa shape index (κ3) is 6.59. The summed E-state index contributed by atoms with van der Waals surface area (Å²) in [5, 5.41) is 1.18. The molecule has 1 aliphatic carbocycles. The van der Waals surface area contributed by atoms with Crippen LogP contribution in [0.1, 0.15) is 57.8 Å².